The third kappa shape index (κ3) is 2.43. The van der Waals surface area contributed by atoms with Gasteiger partial charge in [0.25, 0.3) is 0 Å². The number of hydrogen-bond acceptors (Lipinski definition) is 3. The van der Waals surface area contributed by atoms with Gasteiger partial charge in [0.05, 0.1) is 0 Å². The lowest BCUT2D eigenvalue weighted by Gasteiger charge is -2.33. The lowest BCUT2D eigenvalue weighted by atomic mass is 9.99. The van der Waals surface area contributed by atoms with E-state index in [0.29, 0.717) is 13.0 Å². The summed E-state index contributed by atoms with van der Waals surface area (Å²) in [6.45, 7) is 3.96. The summed E-state index contributed by atoms with van der Waals surface area (Å²) in [4.78, 5) is 24.9. The molecule has 0 aromatic heterocycles. The molecule has 3 N–H and O–H groups in total. The molecular formula is C12H21N3O3. The van der Waals surface area contributed by atoms with Gasteiger partial charge in [-0.05, 0) is 45.7 Å². The maximum absolute atomic E-state index is 12.2. The van der Waals surface area contributed by atoms with E-state index in [1.807, 2.05) is 0 Å². The van der Waals surface area contributed by atoms with Gasteiger partial charge in [0.1, 0.15) is 5.54 Å². The van der Waals surface area contributed by atoms with Crippen LogP contribution in [-0.4, -0.2) is 53.2 Å². The van der Waals surface area contributed by atoms with Crippen LogP contribution in [0.3, 0.4) is 0 Å². The second-order valence-electron chi connectivity index (χ2n) is 5.31. The molecular weight excluding hydrogens is 234 g/mol. The highest BCUT2D eigenvalue weighted by Gasteiger charge is 2.46. The summed E-state index contributed by atoms with van der Waals surface area (Å²) in [7, 11) is 0. The second-order valence-corrected chi connectivity index (χ2v) is 5.31. The van der Waals surface area contributed by atoms with Gasteiger partial charge in [0.2, 0.25) is 0 Å². The number of hydrogen-bond donors (Lipinski definition) is 3. The fourth-order valence-corrected chi connectivity index (χ4v) is 2.73. The van der Waals surface area contributed by atoms with Gasteiger partial charge in [0, 0.05) is 12.6 Å². The zero-order chi connectivity index (χ0) is 13.2. The summed E-state index contributed by atoms with van der Waals surface area (Å²) in [5.41, 5.74) is -1.04. The summed E-state index contributed by atoms with van der Waals surface area (Å²) in [6.07, 6.45) is 3.09. The number of piperidine rings is 1. The molecule has 0 spiro atoms. The Hall–Kier alpha value is -1.30. The molecule has 102 valence electrons. The van der Waals surface area contributed by atoms with Crippen molar-refractivity contribution in [2.24, 2.45) is 0 Å². The fourth-order valence-electron chi connectivity index (χ4n) is 2.73. The van der Waals surface area contributed by atoms with Crippen LogP contribution in [0.4, 0.5) is 4.79 Å². The van der Waals surface area contributed by atoms with E-state index in [1.54, 1.807) is 6.92 Å². The number of carboxylic acid groups (broad SMARTS) is 1. The molecule has 1 atom stereocenters. The van der Waals surface area contributed by atoms with Crippen molar-refractivity contribution in [3.05, 3.63) is 0 Å². The summed E-state index contributed by atoms with van der Waals surface area (Å²) in [5.74, 6) is -0.916. The van der Waals surface area contributed by atoms with Gasteiger partial charge in [-0.1, -0.05) is 0 Å². The van der Waals surface area contributed by atoms with Crippen LogP contribution in [0, 0.1) is 0 Å². The van der Waals surface area contributed by atoms with Crippen molar-refractivity contribution in [1.82, 2.24) is 15.5 Å². The van der Waals surface area contributed by atoms with Gasteiger partial charge in [-0.15, -0.1) is 0 Å². The van der Waals surface area contributed by atoms with Crippen molar-refractivity contribution in [1.29, 1.82) is 0 Å². The minimum atomic E-state index is -1.04. The molecule has 2 saturated heterocycles. The van der Waals surface area contributed by atoms with Crippen LogP contribution in [-0.2, 0) is 4.79 Å². The molecule has 0 saturated carbocycles. The Morgan fingerprint density at radius 3 is 2.67 bits per heavy atom. The van der Waals surface area contributed by atoms with Gasteiger partial charge in [-0.25, -0.2) is 9.59 Å². The van der Waals surface area contributed by atoms with Gasteiger partial charge in [-0.3, -0.25) is 0 Å². The molecule has 0 aliphatic carbocycles. The predicted molar refractivity (Wildman–Crippen MR) is 66.4 cm³/mol. The predicted octanol–water partition coefficient (Wildman–Crippen LogP) is 0.387. The first kappa shape index (κ1) is 13.1. The van der Waals surface area contributed by atoms with Crippen LogP contribution in [0.5, 0.6) is 0 Å². The molecule has 0 radical (unpaired) electrons. The quantitative estimate of drug-likeness (QED) is 0.666. The SMILES string of the molecule is CC1(C(=O)O)CCCN1C(=O)NC1CCNCC1. The van der Waals surface area contributed by atoms with E-state index in [4.69, 9.17) is 0 Å². The standard InChI is InChI=1S/C12H21N3O3/c1-12(10(16)17)5-2-8-15(12)11(18)14-9-3-6-13-7-4-9/h9,13H,2-8H2,1H3,(H,14,18)(H,16,17). The Morgan fingerprint density at radius 1 is 1.39 bits per heavy atom. The molecule has 18 heavy (non-hydrogen) atoms. The Labute approximate surface area is 107 Å². The van der Waals surface area contributed by atoms with Crippen LogP contribution < -0.4 is 10.6 Å². The average Bonchev–Trinajstić information content (AvgIpc) is 2.74. The number of amides is 2. The van der Waals surface area contributed by atoms with Gasteiger partial charge in [0.15, 0.2) is 0 Å². The van der Waals surface area contributed by atoms with E-state index in [-0.39, 0.29) is 12.1 Å². The normalized spacial score (nSPS) is 29.3. The van der Waals surface area contributed by atoms with E-state index >= 15 is 0 Å². The molecule has 0 bridgehead atoms. The molecule has 2 aliphatic rings. The molecule has 0 aromatic rings. The number of urea groups is 1. The Balaban J connectivity index is 1.97. The maximum Gasteiger partial charge on any atom is 0.329 e. The number of rotatable bonds is 2. The fraction of sp³-hybridized carbons (Fsp3) is 0.833. The first-order valence-electron chi connectivity index (χ1n) is 6.56. The van der Waals surface area contributed by atoms with Crippen molar-refractivity contribution < 1.29 is 14.7 Å². The number of nitrogens with one attached hydrogen (secondary N) is 2. The molecule has 2 rings (SSSR count). The largest absolute Gasteiger partial charge is 0.480 e. The molecule has 1 unspecified atom stereocenters. The number of carbonyl (C=O) groups is 2. The van der Waals surface area contributed by atoms with Crippen molar-refractivity contribution in [3.63, 3.8) is 0 Å². The molecule has 6 heteroatoms. The summed E-state index contributed by atoms with van der Waals surface area (Å²) >= 11 is 0. The van der Waals surface area contributed by atoms with Gasteiger partial charge < -0.3 is 20.6 Å². The van der Waals surface area contributed by atoms with Crippen LogP contribution in [0.15, 0.2) is 0 Å². The number of nitrogens with zero attached hydrogens (tertiary/aromatic N) is 1. The third-order valence-electron chi connectivity index (χ3n) is 4.01. The number of likely N-dealkylation sites (tertiary alicyclic amines) is 1. The van der Waals surface area contributed by atoms with Gasteiger partial charge >= 0.3 is 12.0 Å². The van der Waals surface area contributed by atoms with Gasteiger partial charge in [-0.2, -0.15) is 0 Å². The molecule has 6 nitrogen and oxygen atoms in total. The number of carbonyl (C=O) groups excluding carboxylic acids is 1. The molecule has 2 aliphatic heterocycles. The van der Waals surface area contributed by atoms with Crippen LogP contribution in [0.2, 0.25) is 0 Å². The van der Waals surface area contributed by atoms with Crippen LogP contribution in [0.25, 0.3) is 0 Å². The lowest BCUT2D eigenvalue weighted by Crippen LogP contribution is -2.56. The molecule has 0 aromatic carbocycles. The topological polar surface area (TPSA) is 81.7 Å². The first-order chi connectivity index (χ1) is 8.54. The first-order valence-corrected chi connectivity index (χ1v) is 6.56. The van der Waals surface area contributed by atoms with Crippen LogP contribution >= 0.6 is 0 Å². The van der Waals surface area contributed by atoms with Crippen molar-refractivity contribution in [2.45, 2.75) is 44.2 Å². The molecule has 2 amide bonds. The highest BCUT2D eigenvalue weighted by atomic mass is 16.4. The smallest absolute Gasteiger partial charge is 0.329 e. The van der Waals surface area contributed by atoms with E-state index in [2.05, 4.69) is 10.6 Å². The summed E-state index contributed by atoms with van der Waals surface area (Å²) < 4.78 is 0. The van der Waals surface area contributed by atoms with Crippen molar-refractivity contribution in [3.8, 4) is 0 Å². The van der Waals surface area contributed by atoms with Crippen molar-refractivity contribution >= 4 is 12.0 Å². The second kappa shape index (κ2) is 5.14. The molecule has 2 heterocycles. The van der Waals surface area contributed by atoms with E-state index in [9.17, 15) is 14.7 Å². The maximum atomic E-state index is 12.2. The Kier molecular flexibility index (Phi) is 3.75. The van der Waals surface area contributed by atoms with E-state index in [1.165, 1.54) is 4.90 Å². The minimum absolute atomic E-state index is 0.164. The number of aliphatic carboxylic acids is 1. The highest BCUT2D eigenvalue weighted by molar-refractivity contribution is 5.86. The number of carboxylic acids is 1. The van der Waals surface area contributed by atoms with E-state index in [0.717, 1.165) is 32.4 Å². The zero-order valence-electron chi connectivity index (χ0n) is 10.7. The van der Waals surface area contributed by atoms with E-state index < -0.39 is 11.5 Å². The summed E-state index contributed by atoms with van der Waals surface area (Å²) in [6, 6.07) is -0.0679. The minimum Gasteiger partial charge on any atom is -0.480 e. The molecule has 2 fully saturated rings. The zero-order valence-corrected chi connectivity index (χ0v) is 10.7. The third-order valence-corrected chi connectivity index (χ3v) is 4.01. The highest BCUT2D eigenvalue weighted by Crippen LogP contribution is 2.29. The Morgan fingerprint density at radius 2 is 2.06 bits per heavy atom. The monoisotopic (exact) mass is 255 g/mol. The Bertz CT molecular complexity index is 341. The van der Waals surface area contributed by atoms with Crippen LogP contribution in [0.1, 0.15) is 32.6 Å². The van der Waals surface area contributed by atoms with Crippen molar-refractivity contribution in [2.75, 3.05) is 19.6 Å². The lowest BCUT2D eigenvalue weighted by molar-refractivity contribution is -0.147. The summed E-state index contributed by atoms with van der Waals surface area (Å²) in [5, 5.41) is 15.5. The average molecular weight is 255 g/mol.